The van der Waals surface area contributed by atoms with E-state index in [0.717, 1.165) is 0 Å². The van der Waals surface area contributed by atoms with Crippen molar-refractivity contribution in [1.29, 1.82) is 0 Å². The molecule has 1 fully saturated rings. The third kappa shape index (κ3) is 3.19. The number of amides is 1. The van der Waals surface area contributed by atoms with Gasteiger partial charge < -0.3 is 30.6 Å². The predicted molar refractivity (Wildman–Crippen MR) is 95.1 cm³/mol. The molecule has 3 rings (SSSR count). The third-order valence-electron chi connectivity index (χ3n) is 4.86. The van der Waals surface area contributed by atoms with Gasteiger partial charge in [0.15, 0.2) is 0 Å². The molecule has 2 aliphatic rings. The van der Waals surface area contributed by atoms with E-state index in [9.17, 15) is 4.79 Å². The highest BCUT2D eigenvalue weighted by molar-refractivity contribution is 5.96. The van der Waals surface area contributed by atoms with Crippen LogP contribution in [0.4, 0.5) is 0 Å². The van der Waals surface area contributed by atoms with Crippen molar-refractivity contribution in [2.75, 3.05) is 33.4 Å². The lowest BCUT2D eigenvalue weighted by molar-refractivity contribution is 0.0422. The lowest BCUT2D eigenvalue weighted by Gasteiger charge is -2.47. The van der Waals surface area contributed by atoms with Crippen LogP contribution < -0.4 is 11.5 Å². The maximum atomic E-state index is 12.7. The number of aromatic nitrogens is 1. The van der Waals surface area contributed by atoms with Crippen LogP contribution in [0.2, 0.25) is 0 Å². The first kappa shape index (κ1) is 17.3. The number of aliphatic imine (C=N–C) groups is 2. The van der Waals surface area contributed by atoms with Gasteiger partial charge in [0.05, 0.1) is 6.61 Å². The van der Waals surface area contributed by atoms with E-state index in [0.29, 0.717) is 50.7 Å². The first-order chi connectivity index (χ1) is 12.0. The number of nitrogens with two attached hydrogens (primary N) is 2. The van der Waals surface area contributed by atoms with Crippen LogP contribution in [0, 0.1) is 0 Å². The molecular weight excluding hydrogens is 322 g/mol. The normalized spacial score (nSPS) is 19.8. The van der Waals surface area contributed by atoms with E-state index in [-0.39, 0.29) is 11.9 Å². The van der Waals surface area contributed by atoms with E-state index in [4.69, 9.17) is 16.2 Å². The highest BCUT2D eigenvalue weighted by Gasteiger charge is 2.44. The predicted octanol–water partition coefficient (Wildman–Crippen LogP) is -0.451. The van der Waals surface area contributed by atoms with Gasteiger partial charge in [-0.15, -0.1) is 0 Å². The van der Waals surface area contributed by atoms with Crippen molar-refractivity contribution >= 4 is 17.8 Å². The molecule has 9 nitrogen and oxygen atoms in total. The molecule has 1 amide bonds. The zero-order valence-corrected chi connectivity index (χ0v) is 14.7. The largest absolute Gasteiger partial charge is 0.383 e. The van der Waals surface area contributed by atoms with Crippen LogP contribution >= 0.6 is 0 Å². The Balaban J connectivity index is 1.75. The Morgan fingerprint density at radius 1 is 1.36 bits per heavy atom. The molecule has 2 aliphatic heterocycles. The highest BCUT2D eigenvalue weighted by Crippen LogP contribution is 2.32. The van der Waals surface area contributed by atoms with Crippen molar-refractivity contribution < 1.29 is 9.53 Å². The highest BCUT2D eigenvalue weighted by atomic mass is 16.5. The van der Waals surface area contributed by atoms with Crippen LogP contribution in [0.1, 0.15) is 23.3 Å². The lowest BCUT2D eigenvalue weighted by Crippen LogP contribution is -2.62. The van der Waals surface area contributed by atoms with Gasteiger partial charge >= 0.3 is 0 Å². The lowest BCUT2D eigenvalue weighted by atomic mass is 9.94. The van der Waals surface area contributed by atoms with Crippen LogP contribution in [-0.2, 0) is 11.8 Å². The van der Waals surface area contributed by atoms with E-state index in [1.807, 2.05) is 39.7 Å². The summed E-state index contributed by atoms with van der Waals surface area (Å²) in [4.78, 5) is 25.2. The van der Waals surface area contributed by atoms with Crippen molar-refractivity contribution in [2.24, 2.45) is 28.5 Å². The second-order valence-electron chi connectivity index (χ2n) is 6.36. The summed E-state index contributed by atoms with van der Waals surface area (Å²) in [6, 6.07) is 3.70. The minimum atomic E-state index is -0.556. The number of likely N-dealkylation sites (tertiary alicyclic amines) is 1. The van der Waals surface area contributed by atoms with Gasteiger partial charge in [-0.2, -0.15) is 4.99 Å². The molecule has 0 aromatic carbocycles. The zero-order chi connectivity index (χ0) is 18.0. The van der Waals surface area contributed by atoms with E-state index in [1.54, 1.807) is 7.11 Å². The Morgan fingerprint density at radius 2 is 2.08 bits per heavy atom. The topological polar surface area (TPSA) is 114 Å². The molecule has 3 heterocycles. The maximum absolute atomic E-state index is 12.7. The average molecular weight is 347 g/mol. The van der Waals surface area contributed by atoms with Gasteiger partial charge in [0.1, 0.15) is 11.4 Å². The van der Waals surface area contributed by atoms with Crippen LogP contribution in [0.25, 0.3) is 0 Å². The molecule has 0 atom stereocenters. The molecular formula is C16H25N7O2. The summed E-state index contributed by atoms with van der Waals surface area (Å²) in [6.45, 7) is 2.25. The fourth-order valence-electron chi connectivity index (χ4n) is 3.49. The monoisotopic (exact) mass is 347 g/mol. The van der Waals surface area contributed by atoms with E-state index >= 15 is 0 Å². The number of rotatable bonds is 4. The van der Waals surface area contributed by atoms with Gasteiger partial charge in [0, 0.05) is 52.8 Å². The average Bonchev–Trinajstić information content (AvgIpc) is 3.00. The number of guanidine groups is 2. The number of nitrogens with zero attached hydrogens (tertiary/aromatic N) is 5. The first-order valence-corrected chi connectivity index (χ1v) is 8.33. The molecule has 0 unspecified atom stereocenters. The van der Waals surface area contributed by atoms with Gasteiger partial charge in [-0.3, -0.25) is 4.79 Å². The molecule has 9 heteroatoms. The van der Waals surface area contributed by atoms with E-state index in [1.165, 1.54) is 0 Å². The smallest absolute Gasteiger partial charge is 0.270 e. The second-order valence-corrected chi connectivity index (χ2v) is 6.36. The number of aryl methyl sites for hydroxylation is 1. The minimum Gasteiger partial charge on any atom is -0.383 e. The number of ether oxygens (including phenoxy) is 1. The molecule has 1 aromatic rings. The minimum absolute atomic E-state index is 0.0280. The van der Waals surface area contributed by atoms with E-state index < -0.39 is 5.66 Å². The summed E-state index contributed by atoms with van der Waals surface area (Å²) in [6.07, 6.45) is 3.15. The number of hydrogen-bond donors (Lipinski definition) is 2. The van der Waals surface area contributed by atoms with E-state index in [2.05, 4.69) is 9.98 Å². The second kappa shape index (κ2) is 6.75. The summed E-state index contributed by atoms with van der Waals surface area (Å²) in [5.74, 6) is 0.570. The Morgan fingerprint density at radius 3 is 2.68 bits per heavy atom. The molecule has 136 valence electrons. The molecule has 4 N–H and O–H groups in total. The summed E-state index contributed by atoms with van der Waals surface area (Å²) in [5.41, 5.74) is 12.1. The molecule has 1 spiro atoms. The van der Waals surface area contributed by atoms with Crippen molar-refractivity contribution in [2.45, 2.75) is 18.5 Å². The van der Waals surface area contributed by atoms with Crippen LogP contribution in [-0.4, -0.2) is 71.2 Å². The maximum Gasteiger partial charge on any atom is 0.270 e. The molecule has 0 saturated carbocycles. The van der Waals surface area contributed by atoms with Crippen LogP contribution in [0.15, 0.2) is 28.3 Å². The van der Waals surface area contributed by atoms with Crippen LogP contribution in [0.3, 0.4) is 0 Å². The third-order valence-corrected chi connectivity index (χ3v) is 4.86. The SMILES string of the molecule is COCCN1C(N)=NC(N)=NC12CCN(C(=O)c1cccn1C)CC2. The molecule has 0 radical (unpaired) electrons. The Labute approximate surface area is 146 Å². The molecule has 0 aliphatic carbocycles. The fraction of sp³-hybridized carbons (Fsp3) is 0.562. The van der Waals surface area contributed by atoms with Crippen molar-refractivity contribution in [3.63, 3.8) is 0 Å². The van der Waals surface area contributed by atoms with Gasteiger partial charge in [-0.05, 0) is 12.1 Å². The molecule has 0 bridgehead atoms. The molecule has 1 saturated heterocycles. The van der Waals surface area contributed by atoms with Gasteiger partial charge in [-0.1, -0.05) is 0 Å². The number of carbonyl (C=O) groups is 1. The Hall–Kier alpha value is -2.55. The first-order valence-electron chi connectivity index (χ1n) is 8.33. The quantitative estimate of drug-likeness (QED) is 0.765. The number of methoxy groups -OCH3 is 1. The number of carbonyl (C=O) groups excluding carboxylic acids is 1. The summed E-state index contributed by atoms with van der Waals surface area (Å²) in [5, 5.41) is 0. The van der Waals surface area contributed by atoms with Crippen LogP contribution in [0.5, 0.6) is 0 Å². The standard InChI is InChI=1S/C16H25N7O2/c1-21-7-3-4-12(21)13(24)22-8-5-16(6-9-22)20-14(17)19-15(18)23(16)10-11-25-2/h3-4,7H,5-6,8-11H2,1-2H3,(H4,17,18,19,20). The summed E-state index contributed by atoms with van der Waals surface area (Å²) < 4.78 is 7.01. The fourth-order valence-corrected chi connectivity index (χ4v) is 3.49. The van der Waals surface area contributed by atoms with Crippen molar-refractivity contribution in [3.8, 4) is 0 Å². The summed E-state index contributed by atoms with van der Waals surface area (Å²) >= 11 is 0. The Kier molecular flexibility index (Phi) is 4.67. The number of hydrogen-bond acceptors (Lipinski definition) is 7. The van der Waals surface area contributed by atoms with Gasteiger partial charge in [0.2, 0.25) is 11.9 Å². The summed E-state index contributed by atoms with van der Waals surface area (Å²) in [7, 11) is 3.51. The Bertz CT molecular complexity index is 701. The number of piperidine rings is 1. The van der Waals surface area contributed by atoms with Gasteiger partial charge in [0.25, 0.3) is 5.91 Å². The molecule has 1 aromatic heterocycles. The zero-order valence-electron chi connectivity index (χ0n) is 14.7. The van der Waals surface area contributed by atoms with Crippen molar-refractivity contribution in [1.82, 2.24) is 14.4 Å². The molecule has 25 heavy (non-hydrogen) atoms. The van der Waals surface area contributed by atoms with Crippen molar-refractivity contribution in [3.05, 3.63) is 24.0 Å². The van der Waals surface area contributed by atoms with Gasteiger partial charge in [-0.25, -0.2) is 4.99 Å².